The second-order valence-electron chi connectivity index (χ2n) is 4.57. The van der Waals surface area contributed by atoms with Crippen molar-refractivity contribution in [1.29, 1.82) is 0 Å². The minimum Gasteiger partial charge on any atom is -0.299 e. The molecular weight excluding hydrogens is 204 g/mol. The van der Waals surface area contributed by atoms with Gasteiger partial charge in [-0.2, -0.15) is 11.8 Å². The summed E-state index contributed by atoms with van der Waals surface area (Å²) in [5.41, 5.74) is 1.12. The third-order valence-electron chi connectivity index (χ3n) is 2.86. The molecule has 1 fully saturated rings. The average Bonchev–Trinajstić information content (AvgIpc) is 2.25. The van der Waals surface area contributed by atoms with E-state index >= 15 is 0 Å². The first kappa shape index (κ1) is 12.8. The smallest absolute Gasteiger partial charge is 0.143 e. The second-order valence-corrected chi connectivity index (χ2v) is 5.86. The Morgan fingerprint density at radius 1 is 1.27 bits per heavy atom. The summed E-state index contributed by atoms with van der Waals surface area (Å²) in [6.07, 6.45) is 8.30. The summed E-state index contributed by atoms with van der Waals surface area (Å²) >= 11 is 1.88. The van der Waals surface area contributed by atoms with Crippen LogP contribution in [0.3, 0.4) is 0 Å². The summed E-state index contributed by atoms with van der Waals surface area (Å²) in [6.45, 7) is 5.81. The lowest BCUT2D eigenvalue weighted by atomic mass is 10.0. The number of Topliss-reactive ketones (excluding diaryl/α,β-unsaturated/α-hetero) is 1. The molecule has 0 aromatic carbocycles. The van der Waals surface area contributed by atoms with Gasteiger partial charge in [-0.05, 0) is 26.2 Å². The molecule has 0 atom stereocenters. The molecule has 0 aliphatic heterocycles. The van der Waals surface area contributed by atoms with Gasteiger partial charge < -0.3 is 0 Å². The van der Waals surface area contributed by atoms with E-state index in [1.807, 2.05) is 18.7 Å². The first-order chi connectivity index (χ1) is 7.18. The summed E-state index contributed by atoms with van der Waals surface area (Å²) < 4.78 is 0. The predicted octanol–water partition coefficient (Wildman–Crippen LogP) is 3.98. The van der Waals surface area contributed by atoms with Crippen LogP contribution in [0.5, 0.6) is 0 Å². The van der Waals surface area contributed by atoms with Gasteiger partial charge in [-0.25, -0.2) is 0 Å². The molecule has 0 saturated heterocycles. The summed E-state index contributed by atoms with van der Waals surface area (Å²) in [5, 5.41) is 0.757. The average molecular weight is 226 g/mol. The minimum atomic E-state index is 0.397. The van der Waals surface area contributed by atoms with Crippen LogP contribution in [0.2, 0.25) is 0 Å². The van der Waals surface area contributed by atoms with Crippen molar-refractivity contribution in [2.24, 2.45) is 0 Å². The highest BCUT2D eigenvalue weighted by atomic mass is 32.2. The predicted molar refractivity (Wildman–Crippen MR) is 68.4 cm³/mol. The Balaban J connectivity index is 2.07. The number of carbonyl (C=O) groups excluding carboxylic acids is 1. The lowest BCUT2D eigenvalue weighted by molar-refractivity contribution is -0.116. The van der Waals surface area contributed by atoms with Crippen LogP contribution in [-0.4, -0.2) is 16.8 Å². The molecule has 0 amide bonds. The van der Waals surface area contributed by atoms with Crippen LogP contribution in [0.15, 0.2) is 12.2 Å². The first-order valence-electron chi connectivity index (χ1n) is 5.96. The van der Waals surface area contributed by atoms with Gasteiger partial charge in [0.25, 0.3) is 0 Å². The van der Waals surface area contributed by atoms with Crippen molar-refractivity contribution in [3.63, 3.8) is 0 Å². The minimum absolute atomic E-state index is 0.397. The molecule has 2 heteroatoms. The molecular formula is C13H22OS. The summed E-state index contributed by atoms with van der Waals surface area (Å²) in [7, 11) is 0. The number of thioether (sulfide) groups is 1. The van der Waals surface area contributed by atoms with Gasteiger partial charge in [0, 0.05) is 11.7 Å². The number of carbonyl (C=O) groups is 1. The Labute approximate surface area is 97.7 Å². The number of hydrogen-bond acceptors (Lipinski definition) is 2. The molecule has 0 aromatic rings. The normalized spacial score (nSPS) is 17.7. The van der Waals surface area contributed by atoms with Crippen LogP contribution in [0.4, 0.5) is 0 Å². The molecule has 1 nitrogen and oxygen atoms in total. The van der Waals surface area contributed by atoms with Gasteiger partial charge in [-0.15, -0.1) is 6.58 Å². The van der Waals surface area contributed by atoms with Crippen LogP contribution in [-0.2, 0) is 4.79 Å². The number of hydrogen-bond donors (Lipinski definition) is 0. The van der Waals surface area contributed by atoms with E-state index < -0.39 is 0 Å². The van der Waals surface area contributed by atoms with E-state index in [9.17, 15) is 4.79 Å². The van der Waals surface area contributed by atoms with E-state index in [1.54, 1.807) is 0 Å². The van der Waals surface area contributed by atoms with Gasteiger partial charge in [-0.3, -0.25) is 4.79 Å². The molecule has 0 bridgehead atoms. The largest absolute Gasteiger partial charge is 0.299 e. The highest BCUT2D eigenvalue weighted by molar-refractivity contribution is 8.00. The number of rotatable bonds is 6. The van der Waals surface area contributed by atoms with E-state index in [4.69, 9.17) is 0 Å². The van der Waals surface area contributed by atoms with Gasteiger partial charge in [0.15, 0.2) is 0 Å². The molecule has 1 saturated carbocycles. The van der Waals surface area contributed by atoms with Crippen molar-refractivity contribution < 1.29 is 4.79 Å². The standard InChI is InChI=1S/C13H22OS/c1-11(2)8-9-12(14)10-15-13-6-4-3-5-7-13/h13H,1,3-10H2,2H3. The first-order valence-corrected chi connectivity index (χ1v) is 7.01. The van der Waals surface area contributed by atoms with Gasteiger partial charge >= 0.3 is 0 Å². The highest BCUT2D eigenvalue weighted by Crippen LogP contribution is 2.28. The van der Waals surface area contributed by atoms with Crippen molar-refractivity contribution in [1.82, 2.24) is 0 Å². The summed E-state index contributed by atoms with van der Waals surface area (Å²) in [6, 6.07) is 0. The molecule has 0 heterocycles. The van der Waals surface area contributed by atoms with Gasteiger partial charge in [-0.1, -0.05) is 24.8 Å². The highest BCUT2D eigenvalue weighted by Gasteiger charge is 2.14. The van der Waals surface area contributed by atoms with Gasteiger partial charge in [0.05, 0.1) is 5.75 Å². The Morgan fingerprint density at radius 2 is 1.93 bits per heavy atom. The topological polar surface area (TPSA) is 17.1 Å². The zero-order valence-corrected chi connectivity index (χ0v) is 10.6. The lowest BCUT2D eigenvalue weighted by Gasteiger charge is -2.20. The maximum absolute atomic E-state index is 11.5. The van der Waals surface area contributed by atoms with Crippen molar-refractivity contribution in [2.45, 2.75) is 57.1 Å². The van der Waals surface area contributed by atoms with Crippen molar-refractivity contribution in [2.75, 3.05) is 5.75 Å². The van der Waals surface area contributed by atoms with Gasteiger partial charge in [0.1, 0.15) is 5.78 Å². The molecule has 15 heavy (non-hydrogen) atoms. The zero-order chi connectivity index (χ0) is 11.1. The van der Waals surface area contributed by atoms with E-state index in [0.29, 0.717) is 12.2 Å². The zero-order valence-electron chi connectivity index (χ0n) is 9.76. The van der Waals surface area contributed by atoms with E-state index in [0.717, 1.165) is 23.0 Å². The SMILES string of the molecule is C=C(C)CCC(=O)CSC1CCCCC1. The Bertz CT molecular complexity index is 217. The van der Waals surface area contributed by atoms with Crippen molar-refractivity contribution in [3.05, 3.63) is 12.2 Å². The molecule has 1 rings (SSSR count). The second kappa shape index (κ2) is 7.10. The molecule has 1 aliphatic carbocycles. The van der Waals surface area contributed by atoms with Crippen molar-refractivity contribution in [3.8, 4) is 0 Å². The Hall–Kier alpha value is -0.240. The van der Waals surface area contributed by atoms with Crippen LogP contribution >= 0.6 is 11.8 Å². The molecule has 0 aromatic heterocycles. The Kier molecular flexibility index (Phi) is 6.07. The van der Waals surface area contributed by atoms with Crippen LogP contribution in [0.1, 0.15) is 51.9 Å². The summed E-state index contributed by atoms with van der Waals surface area (Å²) in [5.74, 6) is 1.12. The molecule has 0 unspecified atom stereocenters. The third kappa shape index (κ3) is 6.03. The van der Waals surface area contributed by atoms with Crippen LogP contribution < -0.4 is 0 Å². The van der Waals surface area contributed by atoms with E-state index in [-0.39, 0.29) is 0 Å². The molecule has 0 N–H and O–H groups in total. The fourth-order valence-corrected chi connectivity index (χ4v) is 3.10. The van der Waals surface area contributed by atoms with Crippen LogP contribution in [0, 0.1) is 0 Å². The quantitative estimate of drug-likeness (QED) is 0.637. The molecule has 0 spiro atoms. The van der Waals surface area contributed by atoms with Gasteiger partial charge in [0.2, 0.25) is 0 Å². The summed E-state index contributed by atoms with van der Waals surface area (Å²) in [4.78, 5) is 11.5. The third-order valence-corrected chi connectivity index (χ3v) is 4.29. The molecule has 86 valence electrons. The fourth-order valence-electron chi connectivity index (χ4n) is 1.87. The maximum atomic E-state index is 11.5. The fraction of sp³-hybridized carbons (Fsp3) is 0.769. The molecule has 1 aliphatic rings. The number of allylic oxidation sites excluding steroid dienone is 1. The van der Waals surface area contributed by atoms with E-state index in [2.05, 4.69) is 6.58 Å². The Morgan fingerprint density at radius 3 is 2.53 bits per heavy atom. The molecule has 0 radical (unpaired) electrons. The lowest BCUT2D eigenvalue weighted by Crippen LogP contribution is -2.12. The maximum Gasteiger partial charge on any atom is 0.143 e. The van der Waals surface area contributed by atoms with E-state index in [1.165, 1.54) is 32.1 Å². The monoisotopic (exact) mass is 226 g/mol. The van der Waals surface area contributed by atoms with Crippen molar-refractivity contribution >= 4 is 17.5 Å². The van der Waals surface area contributed by atoms with Crippen LogP contribution in [0.25, 0.3) is 0 Å². The number of ketones is 1.